The summed E-state index contributed by atoms with van der Waals surface area (Å²) in [6.07, 6.45) is 0. The maximum atomic E-state index is 10.9. The van der Waals surface area contributed by atoms with Crippen molar-refractivity contribution in [1.29, 1.82) is 0 Å². The highest BCUT2D eigenvalue weighted by molar-refractivity contribution is 5.87. The van der Waals surface area contributed by atoms with E-state index in [1.54, 1.807) is 6.92 Å². The largest absolute Gasteiger partial charge is 0.462 e. The molecule has 0 bridgehead atoms. The Hall–Kier alpha value is -2.72. The zero-order valence-electron chi connectivity index (χ0n) is 14.7. The molecule has 3 aromatic rings. The maximum Gasteiger partial charge on any atom is 0.231 e. The molecule has 3 atom stereocenters. The first-order chi connectivity index (χ1) is 12.5. The van der Waals surface area contributed by atoms with Crippen molar-refractivity contribution in [2.24, 2.45) is 5.92 Å². The molecule has 132 valence electrons. The van der Waals surface area contributed by atoms with Crippen molar-refractivity contribution in [3.63, 3.8) is 0 Å². The Morgan fingerprint density at radius 1 is 0.923 bits per heavy atom. The monoisotopic (exact) mass is 348 g/mol. The molecule has 0 aromatic heterocycles. The van der Waals surface area contributed by atoms with Crippen molar-refractivity contribution < 1.29 is 19.3 Å². The number of hydrogen-bond acceptors (Lipinski definition) is 4. The Morgan fingerprint density at radius 3 is 2.50 bits per heavy atom. The van der Waals surface area contributed by atoms with E-state index in [-0.39, 0.29) is 18.6 Å². The van der Waals surface area contributed by atoms with Gasteiger partial charge in [0, 0.05) is 30.4 Å². The first kappa shape index (κ1) is 15.5. The van der Waals surface area contributed by atoms with E-state index in [0.717, 1.165) is 11.3 Å². The van der Waals surface area contributed by atoms with Gasteiger partial charge in [0.1, 0.15) is 5.75 Å². The number of rotatable bonds is 1. The maximum absolute atomic E-state index is 10.9. The van der Waals surface area contributed by atoms with Gasteiger partial charge in [-0.05, 0) is 22.4 Å². The number of ether oxygens (including phenoxy) is 3. The molecule has 2 heterocycles. The lowest BCUT2D eigenvalue weighted by Crippen LogP contribution is -2.45. The summed E-state index contributed by atoms with van der Waals surface area (Å²) in [6.45, 7) is 3.96. The fourth-order valence-electron chi connectivity index (χ4n) is 4.12. The molecule has 0 radical (unpaired) electrons. The zero-order chi connectivity index (χ0) is 17.9. The summed E-state index contributed by atoms with van der Waals surface area (Å²) in [5, 5.41) is 13.3. The van der Waals surface area contributed by atoms with E-state index in [4.69, 9.17) is 14.2 Å². The number of benzene rings is 3. The summed E-state index contributed by atoms with van der Waals surface area (Å²) in [4.78, 5) is 0. The van der Waals surface area contributed by atoms with Gasteiger partial charge in [0.05, 0.1) is 0 Å². The SMILES string of the molecule is C[C@@H]1[C@H](c2cccc3ccccc23)c2cc3c(cc2O[C@@]1(C)O)OCO3. The van der Waals surface area contributed by atoms with Gasteiger partial charge >= 0.3 is 0 Å². The molecule has 0 spiro atoms. The lowest BCUT2D eigenvalue weighted by atomic mass is 9.74. The second kappa shape index (κ2) is 5.39. The fourth-order valence-corrected chi connectivity index (χ4v) is 4.12. The summed E-state index contributed by atoms with van der Waals surface area (Å²) in [5.41, 5.74) is 2.20. The van der Waals surface area contributed by atoms with Crippen molar-refractivity contribution in [3.8, 4) is 17.2 Å². The van der Waals surface area contributed by atoms with E-state index in [9.17, 15) is 5.11 Å². The van der Waals surface area contributed by atoms with Crippen LogP contribution in [-0.2, 0) is 0 Å². The second-order valence-corrected chi connectivity index (χ2v) is 7.23. The van der Waals surface area contributed by atoms with Gasteiger partial charge in [-0.25, -0.2) is 0 Å². The molecule has 3 aromatic carbocycles. The van der Waals surface area contributed by atoms with Crippen LogP contribution in [0.5, 0.6) is 17.2 Å². The van der Waals surface area contributed by atoms with Crippen molar-refractivity contribution in [1.82, 2.24) is 0 Å². The Morgan fingerprint density at radius 2 is 1.65 bits per heavy atom. The molecule has 2 aliphatic rings. The van der Waals surface area contributed by atoms with Crippen LogP contribution in [0.4, 0.5) is 0 Å². The molecule has 0 amide bonds. The van der Waals surface area contributed by atoms with Gasteiger partial charge < -0.3 is 19.3 Å². The summed E-state index contributed by atoms with van der Waals surface area (Å²) in [7, 11) is 0. The molecular weight excluding hydrogens is 328 g/mol. The molecule has 0 saturated heterocycles. The van der Waals surface area contributed by atoms with Gasteiger partial charge in [0.15, 0.2) is 11.5 Å². The van der Waals surface area contributed by atoms with Gasteiger partial charge in [-0.15, -0.1) is 0 Å². The van der Waals surface area contributed by atoms with Crippen LogP contribution in [0.1, 0.15) is 30.9 Å². The van der Waals surface area contributed by atoms with E-state index in [1.807, 2.05) is 25.1 Å². The smallest absolute Gasteiger partial charge is 0.231 e. The van der Waals surface area contributed by atoms with Crippen LogP contribution in [0.3, 0.4) is 0 Å². The summed E-state index contributed by atoms with van der Waals surface area (Å²) in [6, 6.07) is 18.5. The van der Waals surface area contributed by atoms with Crippen LogP contribution in [0.2, 0.25) is 0 Å². The van der Waals surface area contributed by atoms with Gasteiger partial charge in [-0.1, -0.05) is 49.4 Å². The molecule has 0 aliphatic carbocycles. The van der Waals surface area contributed by atoms with Crippen molar-refractivity contribution in [2.45, 2.75) is 25.6 Å². The summed E-state index contributed by atoms with van der Waals surface area (Å²) < 4.78 is 17.0. The molecular formula is C22H20O4. The molecule has 0 fully saturated rings. The van der Waals surface area contributed by atoms with Crippen LogP contribution in [-0.4, -0.2) is 17.7 Å². The fraction of sp³-hybridized carbons (Fsp3) is 0.273. The van der Waals surface area contributed by atoms with Gasteiger partial charge in [0.25, 0.3) is 0 Å². The highest BCUT2D eigenvalue weighted by Gasteiger charge is 2.45. The van der Waals surface area contributed by atoms with Crippen LogP contribution in [0.25, 0.3) is 10.8 Å². The van der Waals surface area contributed by atoms with Crippen LogP contribution in [0, 0.1) is 5.92 Å². The van der Waals surface area contributed by atoms with Crippen LogP contribution >= 0.6 is 0 Å². The lowest BCUT2D eigenvalue weighted by molar-refractivity contribution is -0.171. The normalized spacial score (nSPS) is 26.4. The highest BCUT2D eigenvalue weighted by Crippen LogP contribution is 2.52. The standard InChI is InChI=1S/C22H20O4/c1-13-21(16-9-5-7-14-6-3-4-8-15(14)16)17-10-19-20(25-12-24-19)11-18(17)26-22(13,2)23/h3-11,13,21,23H,12H2,1-2H3/t13-,21-,22-/m1/s1. The quantitative estimate of drug-likeness (QED) is 0.706. The molecule has 5 rings (SSSR count). The van der Waals surface area contributed by atoms with E-state index in [2.05, 4.69) is 36.4 Å². The summed E-state index contributed by atoms with van der Waals surface area (Å²) in [5.74, 6) is 0.602. The zero-order valence-corrected chi connectivity index (χ0v) is 14.7. The van der Waals surface area contributed by atoms with Crippen molar-refractivity contribution in [2.75, 3.05) is 6.79 Å². The average Bonchev–Trinajstić information content (AvgIpc) is 3.08. The third kappa shape index (κ3) is 2.19. The Bertz CT molecular complexity index is 1000. The predicted octanol–water partition coefficient (Wildman–Crippen LogP) is 4.44. The first-order valence-electron chi connectivity index (χ1n) is 8.87. The lowest BCUT2D eigenvalue weighted by Gasteiger charge is -2.42. The van der Waals surface area contributed by atoms with E-state index in [0.29, 0.717) is 11.5 Å². The van der Waals surface area contributed by atoms with Gasteiger partial charge in [-0.3, -0.25) is 0 Å². The average molecular weight is 348 g/mol. The van der Waals surface area contributed by atoms with Gasteiger partial charge in [-0.2, -0.15) is 0 Å². The molecule has 26 heavy (non-hydrogen) atoms. The topological polar surface area (TPSA) is 47.9 Å². The summed E-state index contributed by atoms with van der Waals surface area (Å²) >= 11 is 0. The molecule has 2 aliphatic heterocycles. The van der Waals surface area contributed by atoms with Gasteiger partial charge in [0.2, 0.25) is 12.6 Å². The highest BCUT2D eigenvalue weighted by atomic mass is 16.7. The predicted molar refractivity (Wildman–Crippen MR) is 98.8 cm³/mol. The minimum absolute atomic E-state index is 0.0191. The van der Waals surface area contributed by atoms with Crippen molar-refractivity contribution in [3.05, 3.63) is 65.7 Å². The van der Waals surface area contributed by atoms with Crippen molar-refractivity contribution >= 4 is 10.8 Å². The molecule has 4 heteroatoms. The van der Waals surface area contributed by atoms with E-state index < -0.39 is 5.79 Å². The van der Waals surface area contributed by atoms with Crippen LogP contribution in [0.15, 0.2) is 54.6 Å². The van der Waals surface area contributed by atoms with E-state index >= 15 is 0 Å². The number of fused-ring (bicyclic) bond motifs is 3. The third-order valence-corrected chi connectivity index (χ3v) is 5.66. The first-order valence-corrected chi connectivity index (χ1v) is 8.87. The third-order valence-electron chi connectivity index (χ3n) is 5.66. The molecule has 1 N–H and O–H groups in total. The molecule has 0 unspecified atom stereocenters. The Balaban J connectivity index is 1.78. The number of aliphatic hydroxyl groups is 1. The minimum Gasteiger partial charge on any atom is -0.462 e. The number of hydrogen-bond donors (Lipinski definition) is 1. The second-order valence-electron chi connectivity index (χ2n) is 7.23. The minimum atomic E-state index is -1.28. The molecule has 4 nitrogen and oxygen atoms in total. The Kier molecular flexibility index (Phi) is 3.22. The Labute approximate surface area is 151 Å². The molecule has 0 saturated carbocycles. The van der Waals surface area contributed by atoms with Crippen LogP contribution < -0.4 is 14.2 Å². The van der Waals surface area contributed by atoms with E-state index in [1.165, 1.54) is 16.3 Å².